The molecule has 2 heterocycles. The number of carbonyl (C=O) groups is 1. The lowest BCUT2D eigenvalue weighted by Gasteiger charge is -2.08. The molecule has 118 valence electrons. The molecule has 3 rings (SSSR count). The van der Waals surface area contributed by atoms with Gasteiger partial charge in [-0.3, -0.25) is 9.48 Å². The Hall–Kier alpha value is -2.89. The molecule has 0 aliphatic heterocycles. The van der Waals surface area contributed by atoms with Gasteiger partial charge in [-0.1, -0.05) is 0 Å². The van der Waals surface area contributed by atoms with Crippen molar-refractivity contribution < 1.29 is 4.79 Å². The van der Waals surface area contributed by atoms with E-state index in [1.165, 1.54) is 0 Å². The zero-order valence-corrected chi connectivity index (χ0v) is 13.2. The number of rotatable bonds is 5. The van der Waals surface area contributed by atoms with Crippen molar-refractivity contribution in [3.05, 3.63) is 60.4 Å². The molecule has 1 amide bonds. The fourth-order valence-electron chi connectivity index (χ4n) is 2.34. The van der Waals surface area contributed by atoms with Gasteiger partial charge in [-0.15, -0.1) is 0 Å². The monoisotopic (exact) mass is 309 g/mol. The minimum atomic E-state index is -0.0251. The van der Waals surface area contributed by atoms with E-state index < -0.39 is 0 Å². The van der Waals surface area contributed by atoms with E-state index >= 15 is 0 Å². The van der Waals surface area contributed by atoms with Crippen LogP contribution >= 0.6 is 0 Å². The first-order valence-electron chi connectivity index (χ1n) is 7.52. The van der Waals surface area contributed by atoms with Crippen molar-refractivity contribution in [2.24, 2.45) is 0 Å². The lowest BCUT2D eigenvalue weighted by molar-refractivity contribution is -0.116. The minimum Gasteiger partial charge on any atom is -0.326 e. The molecule has 6 nitrogen and oxygen atoms in total. The third kappa shape index (κ3) is 3.48. The summed E-state index contributed by atoms with van der Waals surface area (Å²) in [4.78, 5) is 16.2. The van der Waals surface area contributed by atoms with Crippen LogP contribution < -0.4 is 5.32 Å². The average Bonchev–Trinajstić information content (AvgIpc) is 3.18. The van der Waals surface area contributed by atoms with Gasteiger partial charge in [0.2, 0.25) is 5.91 Å². The standard InChI is InChI=1S/C17H19N5O/c1-13-14(2)22(12-18-13)16-6-4-15(5-7-16)20-17(23)8-11-21-10-3-9-19-21/h3-7,9-10,12H,8,11H2,1-2H3,(H,20,23). The molecule has 0 fully saturated rings. The van der Waals surface area contributed by atoms with E-state index in [0.717, 1.165) is 22.8 Å². The highest BCUT2D eigenvalue weighted by molar-refractivity contribution is 5.90. The van der Waals surface area contributed by atoms with Crippen LogP contribution in [0.5, 0.6) is 0 Å². The topological polar surface area (TPSA) is 64.7 Å². The fraction of sp³-hybridized carbons (Fsp3) is 0.235. The average molecular weight is 309 g/mol. The number of hydrogen-bond acceptors (Lipinski definition) is 3. The van der Waals surface area contributed by atoms with Gasteiger partial charge < -0.3 is 9.88 Å². The van der Waals surface area contributed by atoms with Crippen LogP contribution in [-0.2, 0) is 11.3 Å². The second kappa shape index (κ2) is 6.48. The van der Waals surface area contributed by atoms with Crippen LogP contribution in [0.3, 0.4) is 0 Å². The smallest absolute Gasteiger partial charge is 0.226 e. The summed E-state index contributed by atoms with van der Waals surface area (Å²) in [5.41, 5.74) is 3.94. The van der Waals surface area contributed by atoms with Crippen molar-refractivity contribution in [3.8, 4) is 5.69 Å². The molecule has 0 saturated heterocycles. The van der Waals surface area contributed by atoms with Gasteiger partial charge in [0, 0.05) is 42.4 Å². The van der Waals surface area contributed by atoms with Crippen molar-refractivity contribution in [1.29, 1.82) is 0 Å². The Kier molecular flexibility index (Phi) is 4.23. The highest BCUT2D eigenvalue weighted by Gasteiger charge is 2.06. The Morgan fingerprint density at radius 3 is 2.61 bits per heavy atom. The lowest BCUT2D eigenvalue weighted by Crippen LogP contribution is -2.14. The number of nitrogens with one attached hydrogen (secondary N) is 1. The molecule has 0 saturated carbocycles. The van der Waals surface area contributed by atoms with E-state index in [4.69, 9.17) is 0 Å². The molecule has 23 heavy (non-hydrogen) atoms. The third-order valence-electron chi connectivity index (χ3n) is 3.81. The molecule has 1 N–H and O–H groups in total. The number of carbonyl (C=O) groups excluding carboxylic acids is 1. The summed E-state index contributed by atoms with van der Waals surface area (Å²) in [6.45, 7) is 4.60. The van der Waals surface area contributed by atoms with Crippen LogP contribution in [0.1, 0.15) is 17.8 Å². The second-order valence-electron chi connectivity index (χ2n) is 5.40. The van der Waals surface area contributed by atoms with Crippen LogP contribution in [-0.4, -0.2) is 25.2 Å². The molecule has 3 aromatic rings. The number of imidazole rings is 1. The maximum atomic E-state index is 12.0. The van der Waals surface area contributed by atoms with Crippen molar-refractivity contribution in [1.82, 2.24) is 19.3 Å². The molecule has 0 atom stereocenters. The van der Waals surface area contributed by atoms with Gasteiger partial charge in [-0.2, -0.15) is 5.10 Å². The zero-order chi connectivity index (χ0) is 16.2. The van der Waals surface area contributed by atoms with Gasteiger partial charge in [0.1, 0.15) is 0 Å². The van der Waals surface area contributed by atoms with Crippen molar-refractivity contribution >= 4 is 11.6 Å². The molecule has 0 bridgehead atoms. The van der Waals surface area contributed by atoms with Crippen molar-refractivity contribution in [3.63, 3.8) is 0 Å². The molecule has 0 spiro atoms. The summed E-state index contributed by atoms with van der Waals surface area (Å²) in [5.74, 6) is -0.0251. The summed E-state index contributed by atoms with van der Waals surface area (Å²) in [6, 6.07) is 9.58. The van der Waals surface area contributed by atoms with Crippen LogP contribution in [0.25, 0.3) is 5.69 Å². The van der Waals surface area contributed by atoms with Crippen LogP contribution in [0.15, 0.2) is 49.1 Å². The first kappa shape index (κ1) is 15.0. The molecule has 0 radical (unpaired) electrons. The summed E-state index contributed by atoms with van der Waals surface area (Å²) < 4.78 is 3.77. The number of aromatic nitrogens is 4. The number of nitrogens with zero attached hydrogens (tertiary/aromatic N) is 4. The number of hydrogen-bond donors (Lipinski definition) is 1. The first-order chi connectivity index (χ1) is 11.1. The number of benzene rings is 1. The number of amides is 1. The second-order valence-corrected chi connectivity index (χ2v) is 5.40. The summed E-state index contributed by atoms with van der Waals surface area (Å²) in [5, 5.41) is 6.98. The zero-order valence-electron chi connectivity index (χ0n) is 13.2. The van der Waals surface area contributed by atoms with Gasteiger partial charge in [0.05, 0.1) is 12.0 Å². The van der Waals surface area contributed by atoms with E-state index in [-0.39, 0.29) is 5.91 Å². The van der Waals surface area contributed by atoms with Crippen molar-refractivity contribution in [2.45, 2.75) is 26.8 Å². The Balaban J connectivity index is 1.61. The van der Waals surface area contributed by atoms with E-state index in [1.54, 1.807) is 10.9 Å². The number of anilines is 1. The molecular formula is C17H19N5O. The summed E-state index contributed by atoms with van der Waals surface area (Å²) in [7, 11) is 0. The summed E-state index contributed by atoms with van der Waals surface area (Å²) >= 11 is 0. The van der Waals surface area contributed by atoms with E-state index in [2.05, 4.69) is 15.4 Å². The van der Waals surface area contributed by atoms with Crippen LogP contribution in [0.2, 0.25) is 0 Å². The van der Waals surface area contributed by atoms with Gasteiger partial charge in [0.25, 0.3) is 0 Å². The SMILES string of the molecule is Cc1ncn(-c2ccc(NC(=O)CCn3cccn3)cc2)c1C. The maximum absolute atomic E-state index is 12.0. The van der Waals surface area contributed by atoms with Gasteiger partial charge in [-0.05, 0) is 44.2 Å². The van der Waals surface area contributed by atoms with Crippen LogP contribution in [0, 0.1) is 13.8 Å². The summed E-state index contributed by atoms with van der Waals surface area (Å²) in [6.07, 6.45) is 5.75. The minimum absolute atomic E-state index is 0.0251. The molecule has 0 unspecified atom stereocenters. The first-order valence-corrected chi connectivity index (χ1v) is 7.52. The van der Waals surface area contributed by atoms with Gasteiger partial charge in [0.15, 0.2) is 0 Å². The van der Waals surface area contributed by atoms with E-state index in [1.807, 2.05) is 61.3 Å². The predicted octanol–water partition coefficient (Wildman–Crippen LogP) is 2.71. The molecule has 0 aliphatic rings. The largest absolute Gasteiger partial charge is 0.326 e. The highest BCUT2D eigenvalue weighted by atomic mass is 16.1. The molecule has 1 aromatic carbocycles. The predicted molar refractivity (Wildman–Crippen MR) is 88.5 cm³/mol. The Bertz CT molecular complexity index is 787. The van der Waals surface area contributed by atoms with Gasteiger partial charge in [-0.25, -0.2) is 4.98 Å². The molecule has 6 heteroatoms. The third-order valence-corrected chi connectivity index (χ3v) is 3.81. The molecule has 0 aliphatic carbocycles. The number of aryl methyl sites for hydroxylation is 2. The van der Waals surface area contributed by atoms with Crippen LogP contribution in [0.4, 0.5) is 5.69 Å². The maximum Gasteiger partial charge on any atom is 0.226 e. The Morgan fingerprint density at radius 2 is 2.00 bits per heavy atom. The van der Waals surface area contributed by atoms with E-state index in [0.29, 0.717) is 13.0 Å². The highest BCUT2D eigenvalue weighted by Crippen LogP contribution is 2.16. The lowest BCUT2D eigenvalue weighted by atomic mass is 10.2. The Morgan fingerprint density at radius 1 is 1.22 bits per heavy atom. The van der Waals surface area contributed by atoms with Crippen molar-refractivity contribution in [2.75, 3.05) is 5.32 Å². The Labute approximate surface area is 134 Å². The van der Waals surface area contributed by atoms with Gasteiger partial charge >= 0.3 is 0 Å². The van der Waals surface area contributed by atoms with E-state index in [9.17, 15) is 4.79 Å². The normalized spacial score (nSPS) is 10.7. The quantitative estimate of drug-likeness (QED) is 0.788. The molecule has 2 aromatic heterocycles. The fourth-order valence-corrected chi connectivity index (χ4v) is 2.34. The molecular weight excluding hydrogens is 290 g/mol.